The quantitative estimate of drug-likeness (QED) is 0.816. The maximum absolute atomic E-state index is 5.45. The van der Waals surface area contributed by atoms with Crippen molar-refractivity contribution in [3.63, 3.8) is 0 Å². The number of nitrogens with one attached hydrogen (secondary N) is 1. The maximum atomic E-state index is 5.45. The van der Waals surface area contributed by atoms with E-state index in [1.807, 2.05) is 12.1 Å². The van der Waals surface area contributed by atoms with Crippen molar-refractivity contribution in [2.75, 3.05) is 14.2 Å². The average Bonchev–Trinajstić information content (AvgIpc) is 3.21. The average molecular weight is 263 g/mol. The zero-order valence-electron chi connectivity index (χ0n) is 12.4. The van der Waals surface area contributed by atoms with Gasteiger partial charge in [0.15, 0.2) is 0 Å². The van der Waals surface area contributed by atoms with Crippen LogP contribution in [0.25, 0.3) is 0 Å². The van der Waals surface area contributed by atoms with Crippen LogP contribution in [0.5, 0.6) is 11.5 Å². The first-order valence-corrected chi connectivity index (χ1v) is 7.12. The Hall–Kier alpha value is -1.22. The van der Waals surface area contributed by atoms with Gasteiger partial charge in [0.2, 0.25) is 0 Å². The highest BCUT2D eigenvalue weighted by atomic mass is 16.5. The number of benzene rings is 1. The molecule has 3 nitrogen and oxygen atoms in total. The predicted octanol–water partition coefficient (Wildman–Crippen LogP) is 3.54. The first kappa shape index (κ1) is 14.2. The molecule has 0 spiro atoms. The van der Waals surface area contributed by atoms with Crippen LogP contribution in [0, 0.1) is 5.92 Å². The smallest absolute Gasteiger partial charge is 0.123 e. The van der Waals surface area contributed by atoms with Crippen molar-refractivity contribution >= 4 is 0 Å². The van der Waals surface area contributed by atoms with Gasteiger partial charge in [-0.2, -0.15) is 0 Å². The van der Waals surface area contributed by atoms with E-state index in [1.165, 1.54) is 19.3 Å². The third-order valence-electron chi connectivity index (χ3n) is 3.82. The molecule has 1 N–H and O–H groups in total. The Morgan fingerprint density at radius 3 is 2.53 bits per heavy atom. The summed E-state index contributed by atoms with van der Waals surface area (Å²) < 4.78 is 10.7. The van der Waals surface area contributed by atoms with Gasteiger partial charge in [-0.3, -0.25) is 0 Å². The molecule has 0 heterocycles. The second kappa shape index (κ2) is 6.29. The summed E-state index contributed by atoms with van der Waals surface area (Å²) in [5.41, 5.74) is 1.16. The van der Waals surface area contributed by atoms with Crippen LogP contribution >= 0.6 is 0 Å². The standard InChI is InChI=1S/C16H25NO2/c1-11(9-13-5-6-13)17-12(2)15-10-14(18-3)7-8-16(15)19-4/h7-8,10-13,17H,5-6,9H2,1-4H3. The molecule has 2 rings (SSSR count). The first-order chi connectivity index (χ1) is 9.13. The van der Waals surface area contributed by atoms with E-state index in [4.69, 9.17) is 9.47 Å². The second-order valence-electron chi connectivity index (χ2n) is 5.58. The summed E-state index contributed by atoms with van der Waals surface area (Å²) in [5, 5.41) is 3.66. The molecule has 106 valence electrons. The van der Waals surface area contributed by atoms with Gasteiger partial charge in [0.05, 0.1) is 14.2 Å². The summed E-state index contributed by atoms with van der Waals surface area (Å²) in [6, 6.07) is 6.76. The molecule has 1 saturated carbocycles. The summed E-state index contributed by atoms with van der Waals surface area (Å²) in [6.45, 7) is 4.45. The maximum Gasteiger partial charge on any atom is 0.123 e. The molecule has 1 aliphatic carbocycles. The van der Waals surface area contributed by atoms with Gasteiger partial charge in [0.25, 0.3) is 0 Å². The lowest BCUT2D eigenvalue weighted by Gasteiger charge is -2.22. The van der Waals surface area contributed by atoms with Gasteiger partial charge in [0, 0.05) is 17.6 Å². The zero-order valence-corrected chi connectivity index (χ0v) is 12.4. The van der Waals surface area contributed by atoms with Crippen LogP contribution in [0.2, 0.25) is 0 Å². The largest absolute Gasteiger partial charge is 0.497 e. The van der Waals surface area contributed by atoms with Crippen molar-refractivity contribution in [1.82, 2.24) is 5.32 Å². The molecule has 2 unspecified atom stereocenters. The molecule has 0 radical (unpaired) electrons. The molecule has 0 aliphatic heterocycles. The first-order valence-electron chi connectivity index (χ1n) is 7.12. The van der Waals surface area contributed by atoms with E-state index in [-0.39, 0.29) is 6.04 Å². The second-order valence-corrected chi connectivity index (χ2v) is 5.58. The molecule has 0 saturated heterocycles. The lowest BCUT2D eigenvalue weighted by molar-refractivity contribution is 0.382. The fraction of sp³-hybridized carbons (Fsp3) is 0.625. The minimum atomic E-state index is 0.263. The minimum absolute atomic E-state index is 0.263. The molecule has 1 aromatic rings. The summed E-state index contributed by atoms with van der Waals surface area (Å²) in [7, 11) is 3.41. The van der Waals surface area contributed by atoms with E-state index in [9.17, 15) is 0 Å². The van der Waals surface area contributed by atoms with Gasteiger partial charge in [-0.1, -0.05) is 12.8 Å². The van der Waals surface area contributed by atoms with Crippen LogP contribution in [0.3, 0.4) is 0 Å². The SMILES string of the molecule is COc1ccc(OC)c(C(C)NC(C)CC2CC2)c1. The number of hydrogen-bond donors (Lipinski definition) is 1. The van der Waals surface area contributed by atoms with Gasteiger partial charge in [-0.15, -0.1) is 0 Å². The van der Waals surface area contributed by atoms with Crippen molar-refractivity contribution in [2.45, 2.75) is 45.2 Å². The lowest BCUT2D eigenvalue weighted by atomic mass is 10.0. The molecule has 3 heteroatoms. The topological polar surface area (TPSA) is 30.5 Å². The van der Waals surface area contributed by atoms with E-state index in [1.54, 1.807) is 14.2 Å². The summed E-state index contributed by atoms with van der Waals surface area (Å²) >= 11 is 0. The zero-order chi connectivity index (χ0) is 13.8. The monoisotopic (exact) mass is 263 g/mol. The predicted molar refractivity (Wildman–Crippen MR) is 77.9 cm³/mol. The molecule has 0 bridgehead atoms. The number of rotatable bonds is 7. The Labute approximate surface area is 116 Å². The normalized spacial score (nSPS) is 17.9. The van der Waals surface area contributed by atoms with Gasteiger partial charge < -0.3 is 14.8 Å². The molecule has 0 aromatic heterocycles. The van der Waals surface area contributed by atoms with Gasteiger partial charge in [-0.05, 0) is 44.4 Å². The van der Waals surface area contributed by atoms with E-state index >= 15 is 0 Å². The minimum Gasteiger partial charge on any atom is -0.497 e. The van der Waals surface area contributed by atoms with Crippen molar-refractivity contribution < 1.29 is 9.47 Å². The van der Waals surface area contributed by atoms with Crippen LogP contribution in [0.1, 0.15) is 44.7 Å². The summed E-state index contributed by atoms with van der Waals surface area (Å²) in [6.07, 6.45) is 4.09. The highest BCUT2D eigenvalue weighted by Gasteiger charge is 2.24. The molecule has 19 heavy (non-hydrogen) atoms. The Morgan fingerprint density at radius 2 is 1.95 bits per heavy atom. The highest BCUT2D eigenvalue weighted by Crippen LogP contribution is 2.34. The van der Waals surface area contributed by atoms with Crippen molar-refractivity contribution in [1.29, 1.82) is 0 Å². The van der Waals surface area contributed by atoms with Crippen molar-refractivity contribution in [3.8, 4) is 11.5 Å². The molecule has 1 aromatic carbocycles. The Balaban J connectivity index is 2.04. The number of ether oxygens (including phenoxy) is 2. The molecular weight excluding hydrogens is 238 g/mol. The third kappa shape index (κ3) is 3.87. The van der Waals surface area contributed by atoms with Crippen LogP contribution in [0.15, 0.2) is 18.2 Å². The number of methoxy groups -OCH3 is 2. The van der Waals surface area contributed by atoms with Gasteiger partial charge in [-0.25, -0.2) is 0 Å². The fourth-order valence-corrected chi connectivity index (χ4v) is 2.62. The molecule has 0 amide bonds. The fourth-order valence-electron chi connectivity index (χ4n) is 2.62. The van der Waals surface area contributed by atoms with Crippen LogP contribution in [-0.4, -0.2) is 20.3 Å². The lowest BCUT2D eigenvalue weighted by Crippen LogP contribution is -2.29. The van der Waals surface area contributed by atoms with E-state index in [0.29, 0.717) is 6.04 Å². The van der Waals surface area contributed by atoms with Gasteiger partial charge >= 0.3 is 0 Å². The highest BCUT2D eigenvalue weighted by molar-refractivity contribution is 5.42. The number of hydrogen-bond acceptors (Lipinski definition) is 3. The van der Waals surface area contributed by atoms with E-state index < -0.39 is 0 Å². The van der Waals surface area contributed by atoms with E-state index in [2.05, 4.69) is 25.2 Å². The Morgan fingerprint density at radius 1 is 1.21 bits per heavy atom. The summed E-state index contributed by atoms with van der Waals surface area (Å²) in [4.78, 5) is 0. The van der Waals surface area contributed by atoms with Crippen LogP contribution < -0.4 is 14.8 Å². The molecule has 1 aliphatic rings. The van der Waals surface area contributed by atoms with Crippen molar-refractivity contribution in [2.24, 2.45) is 5.92 Å². The molecule has 2 atom stereocenters. The summed E-state index contributed by atoms with van der Waals surface area (Å²) in [5.74, 6) is 2.74. The van der Waals surface area contributed by atoms with Crippen LogP contribution in [-0.2, 0) is 0 Å². The third-order valence-corrected chi connectivity index (χ3v) is 3.82. The molecular formula is C16H25NO2. The Bertz CT molecular complexity index is 415. The molecule has 1 fully saturated rings. The van der Waals surface area contributed by atoms with Crippen molar-refractivity contribution in [3.05, 3.63) is 23.8 Å². The van der Waals surface area contributed by atoms with Crippen LogP contribution in [0.4, 0.5) is 0 Å². The van der Waals surface area contributed by atoms with E-state index in [0.717, 1.165) is 23.0 Å². The Kier molecular flexibility index (Phi) is 4.70. The van der Waals surface area contributed by atoms with Gasteiger partial charge in [0.1, 0.15) is 11.5 Å².